The molecule has 2 heterocycles. The van der Waals surface area contributed by atoms with Gasteiger partial charge in [-0.15, -0.1) is 0 Å². The topological polar surface area (TPSA) is 122 Å². The Morgan fingerprint density at radius 2 is 1.82 bits per heavy atom. The van der Waals surface area contributed by atoms with E-state index >= 15 is 0 Å². The van der Waals surface area contributed by atoms with Gasteiger partial charge in [-0.1, -0.05) is 13.8 Å². The van der Waals surface area contributed by atoms with E-state index in [0.717, 1.165) is 0 Å². The van der Waals surface area contributed by atoms with Crippen LogP contribution in [0.15, 0.2) is 41.9 Å². The van der Waals surface area contributed by atoms with Gasteiger partial charge in [0.2, 0.25) is 0 Å². The van der Waals surface area contributed by atoms with Gasteiger partial charge in [-0.2, -0.15) is 5.10 Å². The molecule has 1 unspecified atom stereocenters. The van der Waals surface area contributed by atoms with E-state index in [1.807, 2.05) is 13.8 Å². The van der Waals surface area contributed by atoms with Gasteiger partial charge in [0.1, 0.15) is 17.8 Å². The Morgan fingerprint density at radius 3 is 2.42 bits per heavy atom. The Hall–Kier alpha value is -3.67. The van der Waals surface area contributed by atoms with Crippen molar-refractivity contribution in [1.29, 1.82) is 0 Å². The van der Waals surface area contributed by atoms with Gasteiger partial charge in [0.25, 0.3) is 5.91 Å². The monoisotopic (exact) mass is 473 g/mol. The second-order valence-electron chi connectivity index (χ2n) is 7.72. The fourth-order valence-corrected chi connectivity index (χ4v) is 3.86. The molecule has 1 aromatic carbocycles. The first-order valence-corrected chi connectivity index (χ1v) is 11.1. The van der Waals surface area contributed by atoms with Crippen molar-refractivity contribution in [1.82, 2.24) is 29.4 Å². The molecule has 0 bridgehead atoms. The average molecular weight is 474 g/mol. The van der Waals surface area contributed by atoms with E-state index in [2.05, 4.69) is 25.1 Å². The molecule has 33 heavy (non-hydrogen) atoms. The zero-order chi connectivity index (χ0) is 24.3. The summed E-state index contributed by atoms with van der Waals surface area (Å²) in [7, 11) is 2.67. The van der Waals surface area contributed by atoms with Crippen LogP contribution in [0.1, 0.15) is 35.8 Å². The summed E-state index contributed by atoms with van der Waals surface area (Å²) < 4.78 is 30.6. The van der Waals surface area contributed by atoms with Crippen LogP contribution in [0.25, 0.3) is 11.1 Å². The van der Waals surface area contributed by atoms with Crippen molar-refractivity contribution in [2.45, 2.75) is 24.8 Å². The van der Waals surface area contributed by atoms with Gasteiger partial charge in [0, 0.05) is 50.7 Å². The summed E-state index contributed by atoms with van der Waals surface area (Å²) in [6.07, 6.45) is 4.35. The lowest BCUT2D eigenvalue weighted by Crippen LogP contribution is -2.31. The minimum atomic E-state index is -2.04. The Labute approximate surface area is 192 Å². The van der Waals surface area contributed by atoms with Crippen LogP contribution >= 0.6 is 0 Å². The first-order chi connectivity index (χ1) is 15.6. The number of hydrogen-bond donors (Lipinski definition) is 2. The van der Waals surface area contributed by atoms with Crippen LogP contribution in [0.2, 0.25) is 0 Å². The third-order valence-electron chi connectivity index (χ3n) is 4.72. The van der Waals surface area contributed by atoms with Crippen LogP contribution in [-0.2, 0) is 18.0 Å². The number of halogens is 1. The maximum absolute atomic E-state index is 14.3. The zero-order valence-corrected chi connectivity index (χ0v) is 19.6. The second kappa shape index (κ2) is 9.86. The fourth-order valence-electron chi connectivity index (χ4n) is 3.12. The molecule has 2 aromatic heterocycles. The molecule has 0 saturated carbocycles. The Bertz CT molecular complexity index is 1210. The summed E-state index contributed by atoms with van der Waals surface area (Å²) >= 11 is 0. The van der Waals surface area contributed by atoms with E-state index in [-0.39, 0.29) is 22.5 Å². The number of aryl methyl sites for hydroxylation is 1. The number of amides is 3. The SMILES string of the molecule is CC(C)c1cc(F)cc(-c2cncnc2)c1NC(=O)NS(=O)c1cc(C(=O)N(C)C)n(C)n1. The van der Waals surface area contributed by atoms with Gasteiger partial charge in [0.05, 0.1) is 5.69 Å². The smallest absolute Gasteiger partial charge is 0.331 e. The number of aromatic nitrogens is 4. The Morgan fingerprint density at radius 1 is 1.15 bits per heavy atom. The lowest BCUT2D eigenvalue weighted by molar-refractivity contribution is 0.0817. The van der Waals surface area contributed by atoms with Crippen molar-refractivity contribution in [3.63, 3.8) is 0 Å². The molecular weight excluding hydrogens is 449 g/mol. The van der Waals surface area contributed by atoms with Crippen LogP contribution in [-0.4, -0.2) is 54.9 Å². The van der Waals surface area contributed by atoms with E-state index in [9.17, 15) is 18.2 Å². The molecule has 0 spiro atoms. The van der Waals surface area contributed by atoms with Crippen LogP contribution in [0, 0.1) is 5.82 Å². The molecule has 2 N–H and O–H groups in total. The van der Waals surface area contributed by atoms with Crippen molar-refractivity contribution >= 4 is 28.6 Å². The van der Waals surface area contributed by atoms with Gasteiger partial charge in [-0.25, -0.2) is 23.4 Å². The normalized spacial score (nSPS) is 11.8. The van der Waals surface area contributed by atoms with E-state index in [4.69, 9.17) is 0 Å². The molecular formula is C21H24FN7O3S. The number of anilines is 1. The minimum Gasteiger partial charge on any atom is -0.343 e. The lowest BCUT2D eigenvalue weighted by atomic mass is 9.95. The summed E-state index contributed by atoms with van der Waals surface area (Å²) in [5.74, 6) is -0.917. The van der Waals surface area contributed by atoms with Crippen molar-refractivity contribution in [2.24, 2.45) is 7.05 Å². The maximum Gasteiger partial charge on any atom is 0.331 e. The molecule has 10 nitrogen and oxygen atoms in total. The van der Waals surface area contributed by atoms with Crippen molar-refractivity contribution in [3.05, 3.63) is 54.0 Å². The summed E-state index contributed by atoms with van der Waals surface area (Å²) in [5.41, 5.74) is 2.01. The van der Waals surface area contributed by atoms with Gasteiger partial charge in [-0.05, 0) is 23.6 Å². The second-order valence-corrected chi connectivity index (χ2v) is 8.88. The average Bonchev–Trinajstić information content (AvgIpc) is 3.16. The standard InChI is InChI=1S/C21H24FN7O3S/c1-12(2)15-6-14(22)7-16(13-9-23-11-24-10-13)19(15)25-21(31)27-33(32)18-8-17(29(5)26-18)20(30)28(3)4/h6-12H,1-5H3,(H2,25,27,31). The fraction of sp³-hybridized carbons (Fsp3) is 0.286. The largest absolute Gasteiger partial charge is 0.343 e. The molecule has 0 saturated heterocycles. The molecule has 12 heteroatoms. The molecule has 0 aliphatic rings. The number of benzene rings is 1. The zero-order valence-electron chi connectivity index (χ0n) is 18.8. The van der Waals surface area contributed by atoms with Gasteiger partial charge in [-0.3, -0.25) is 14.2 Å². The van der Waals surface area contributed by atoms with E-state index in [0.29, 0.717) is 22.4 Å². The number of urea groups is 1. The highest BCUT2D eigenvalue weighted by atomic mass is 32.2. The molecule has 1 atom stereocenters. The summed E-state index contributed by atoms with van der Waals surface area (Å²) in [5, 5.41) is 6.74. The summed E-state index contributed by atoms with van der Waals surface area (Å²) in [6, 6.07) is 3.17. The minimum absolute atomic E-state index is 0.0118. The number of rotatable bonds is 6. The van der Waals surface area contributed by atoms with Gasteiger partial charge < -0.3 is 10.2 Å². The molecule has 0 aliphatic heterocycles. The predicted molar refractivity (Wildman–Crippen MR) is 121 cm³/mol. The number of nitrogens with zero attached hydrogens (tertiary/aromatic N) is 5. The molecule has 174 valence electrons. The maximum atomic E-state index is 14.3. The first kappa shape index (κ1) is 24.0. The van der Waals surface area contributed by atoms with Gasteiger partial charge in [0.15, 0.2) is 16.0 Å². The van der Waals surface area contributed by atoms with Crippen molar-refractivity contribution in [2.75, 3.05) is 19.4 Å². The molecule has 0 fully saturated rings. The van der Waals surface area contributed by atoms with E-state index in [1.54, 1.807) is 21.1 Å². The molecule has 0 aliphatic carbocycles. The number of hydrogen-bond acceptors (Lipinski definition) is 6. The Kier molecular flexibility index (Phi) is 7.16. The highest BCUT2D eigenvalue weighted by molar-refractivity contribution is 7.83. The number of carbonyl (C=O) groups is 2. The quantitative estimate of drug-likeness (QED) is 0.568. The third-order valence-corrected chi connectivity index (χ3v) is 5.67. The van der Waals surface area contributed by atoms with Gasteiger partial charge >= 0.3 is 6.03 Å². The van der Waals surface area contributed by atoms with Crippen LogP contribution < -0.4 is 10.0 Å². The highest BCUT2D eigenvalue weighted by Crippen LogP contribution is 2.35. The molecule has 0 radical (unpaired) electrons. The molecule has 3 aromatic rings. The van der Waals surface area contributed by atoms with Crippen LogP contribution in [0.4, 0.5) is 14.9 Å². The van der Waals surface area contributed by atoms with Crippen LogP contribution in [0.5, 0.6) is 0 Å². The third kappa shape index (κ3) is 5.40. The first-order valence-electron chi connectivity index (χ1n) is 9.92. The van der Waals surface area contributed by atoms with Crippen LogP contribution in [0.3, 0.4) is 0 Å². The van der Waals surface area contributed by atoms with Crippen molar-refractivity contribution < 1.29 is 18.2 Å². The van der Waals surface area contributed by atoms with E-state index < -0.39 is 22.8 Å². The summed E-state index contributed by atoms with van der Waals surface area (Å²) in [6.45, 7) is 3.72. The summed E-state index contributed by atoms with van der Waals surface area (Å²) in [4.78, 5) is 34.2. The molecule has 3 rings (SSSR count). The Balaban J connectivity index is 1.88. The molecule has 3 amide bonds. The number of nitrogens with one attached hydrogen (secondary N) is 2. The number of carbonyl (C=O) groups excluding carboxylic acids is 2. The highest BCUT2D eigenvalue weighted by Gasteiger charge is 2.22. The lowest BCUT2D eigenvalue weighted by Gasteiger charge is -2.18. The van der Waals surface area contributed by atoms with Crippen molar-refractivity contribution in [3.8, 4) is 11.1 Å². The van der Waals surface area contributed by atoms with E-state index in [1.165, 1.54) is 46.5 Å². The predicted octanol–water partition coefficient (Wildman–Crippen LogP) is 2.69.